The minimum Gasteiger partial charge on any atom is -0.365 e. The van der Waals surface area contributed by atoms with Crippen LogP contribution in [0.1, 0.15) is 56.5 Å². The quantitative estimate of drug-likeness (QED) is 0.830. The van der Waals surface area contributed by atoms with Crippen LogP contribution in [0, 0.1) is 5.92 Å². The van der Waals surface area contributed by atoms with E-state index in [-0.39, 0.29) is 22.5 Å². The number of imidazole rings is 1. The Bertz CT molecular complexity index is 962. The third kappa shape index (κ3) is 1.84. The number of nitrogens with one attached hydrogen (secondary N) is 2. The van der Waals surface area contributed by atoms with Crippen molar-refractivity contribution in [3.8, 4) is 0 Å². The number of nitrogens with zero attached hydrogens (tertiary/aromatic N) is 3. The predicted molar refractivity (Wildman–Crippen MR) is 97.4 cm³/mol. The fraction of sp³-hybridized carbons (Fsp3) is 0.667. The molecule has 3 unspecified atom stereocenters. The van der Waals surface area contributed by atoms with E-state index in [1.807, 2.05) is 18.6 Å². The molecule has 3 fully saturated rings. The lowest BCUT2D eigenvalue weighted by Gasteiger charge is -2.27. The van der Waals surface area contributed by atoms with Gasteiger partial charge in [0.2, 0.25) is 10.0 Å². The van der Waals surface area contributed by atoms with E-state index in [4.69, 9.17) is 4.99 Å². The average Bonchev–Trinajstić information content (AvgIpc) is 3.42. The standard InChI is InChI=1S/C18H23N5O2S/c1-11-6-12(22-26(24,25)13-2-3-13)7-14(11)15-8-19-16-9-21-18-10-17(18,23(15)16)4-5-20-18/h4-5,8-9,11-14,20,22H,2-3,6-7,10H2,1H3/t11-,12+,14?,17?,18?/m1/s1. The van der Waals surface area contributed by atoms with Gasteiger partial charge in [0.25, 0.3) is 0 Å². The molecule has 138 valence electrons. The van der Waals surface area contributed by atoms with E-state index in [0.29, 0.717) is 11.8 Å². The molecule has 0 aromatic carbocycles. The van der Waals surface area contributed by atoms with Gasteiger partial charge in [-0.05, 0) is 43.9 Å². The van der Waals surface area contributed by atoms with Crippen LogP contribution >= 0.6 is 0 Å². The lowest BCUT2D eigenvalue weighted by Crippen LogP contribution is -2.37. The van der Waals surface area contributed by atoms with Crippen LogP contribution in [0.5, 0.6) is 0 Å². The molecule has 8 heteroatoms. The molecule has 3 heterocycles. The summed E-state index contributed by atoms with van der Waals surface area (Å²) in [4.78, 5) is 9.32. The Labute approximate surface area is 153 Å². The van der Waals surface area contributed by atoms with Gasteiger partial charge in [-0.15, -0.1) is 0 Å². The molecule has 7 nitrogen and oxygen atoms in total. The molecular formula is C18H23N5O2S. The number of aromatic nitrogens is 2. The van der Waals surface area contributed by atoms with Crippen molar-refractivity contribution in [1.82, 2.24) is 19.6 Å². The minimum atomic E-state index is -3.14. The Morgan fingerprint density at radius 3 is 3.00 bits per heavy atom. The summed E-state index contributed by atoms with van der Waals surface area (Å²) in [6.45, 7) is 2.23. The van der Waals surface area contributed by atoms with Crippen molar-refractivity contribution in [2.45, 2.75) is 67.4 Å². The van der Waals surface area contributed by atoms with Gasteiger partial charge in [-0.1, -0.05) is 6.92 Å². The molecule has 6 rings (SSSR count). The molecule has 1 aromatic rings. The van der Waals surface area contributed by atoms with Gasteiger partial charge in [0, 0.05) is 30.3 Å². The van der Waals surface area contributed by atoms with Crippen LogP contribution < -0.4 is 10.0 Å². The van der Waals surface area contributed by atoms with E-state index in [1.165, 1.54) is 5.69 Å². The number of fused-ring (bicyclic) bond motifs is 1. The zero-order valence-electron chi connectivity index (χ0n) is 14.7. The third-order valence-electron chi connectivity index (χ3n) is 6.97. The largest absolute Gasteiger partial charge is 0.365 e. The first-order valence-corrected chi connectivity index (χ1v) is 11.1. The highest BCUT2D eigenvalue weighted by molar-refractivity contribution is 7.90. The van der Waals surface area contributed by atoms with E-state index in [2.05, 4.69) is 32.6 Å². The maximum Gasteiger partial charge on any atom is 0.214 e. The molecule has 2 N–H and O–H groups in total. The molecule has 0 amide bonds. The summed E-state index contributed by atoms with van der Waals surface area (Å²) in [6, 6.07) is 0.0303. The molecule has 26 heavy (non-hydrogen) atoms. The highest BCUT2D eigenvalue weighted by atomic mass is 32.2. The second kappa shape index (κ2) is 4.59. The van der Waals surface area contributed by atoms with Gasteiger partial charge >= 0.3 is 0 Å². The van der Waals surface area contributed by atoms with Gasteiger partial charge in [-0.2, -0.15) is 0 Å². The van der Waals surface area contributed by atoms with Crippen molar-refractivity contribution in [2.24, 2.45) is 10.9 Å². The van der Waals surface area contributed by atoms with Crippen molar-refractivity contribution in [1.29, 1.82) is 0 Å². The summed E-state index contributed by atoms with van der Waals surface area (Å²) >= 11 is 0. The van der Waals surface area contributed by atoms with Crippen molar-refractivity contribution < 1.29 is 8.42 Å². The Kier molecular flexibility index (Phi) is 2.72. The smallest absolute Gasteiger partial charge is 0.214 e. The topological polar surface area (TPSA) is 88.4 Å². The fourth-order valence-corrected chi connectivity index (χ4v) is 6.97. The molecule has 5 atom stereocenters. The summed E-state index contributed by atoms with van der Waals surface area (Å²) in [6.07, 6.45) is 12.4. The predicted octanol–water partition coefficient (Wildman–Crippen LogP) is 1.19. The highest BCUT2D eigenvalue weighted by Gasteiger charge is 2.73. The fourth-order valence-electron chi connectivity index (χ4n) is 5.37. The van der Waals surface area contributed by atoms with Crippen molar-refractivity contribution in [3.05, 3.63) is 30.0 Å². The molecule has 0 radical (unpaired) electrons. The Hall–Kier alpha value is -1.67. The number of aliphatic imine (C=N–C) groups is 1. The third-order valence-corrected chi connectivity index (χ3v) is 8.98. The lowest BCUT2D eigenvalue weighted by molar-refractivity contribution is 0.424. The van der Waals surface area contributed by atoms with E-state index in [9.17, 15) is 8.42 Å². The van der Waals surface area contributed by atoms with E-state index < -0.39 is 10.0 Å². The van der Waals surface area contributed by atoms with Gasteiger partial charge in [-0.25, -0.2) is 18.1 Å². The number of sulfonamides is 1. The van der Waals surface area contributed by atoms with Gasteiger partial charge in [0.1, 0.15) is 5.54 Å². The van der Waals surface area contributed by atoms with Crippen LogP contribution in [-0.2, 0) is 15.6 Å². The first kappa shape index (κ1) is 15.4. The van der Waals surface area contributed by atoms with Crippen LogP contribution in [0.2, 0.25) is 0 Å². The zero-order chi connectivity index (χ0) is 17.7. The first-order chi connectivity index (χ1) is 12.4. The molecule has 1 aromatic heterocycles. The number of hydrogen-bond donors (Lipinski definition) is 2. The summed E-state index contributed by atoms with van der Waals surface area (Å²) in [7, 11) is -3.14. The van der Waals surface area contributed by atoms with Crippen LogP contribution in [0.4, 0.5) is 0 Å². The Morgan fingerprint density at radius 2 is 2.19 bits per heavy atom. The molecule has 0 spiro atoms. The summed E-state index contributed by atoms with van der Waals surface area (Å²) in [5, 5.41) is 3.24. The van der Waals surface area contributed by atoms with Crippen molar-refractivity contribution in [3.63, 3.8) is 0 Å². The van der Waals surface area contributed by atoms with Gasteiger partial charge < -0.3 is 9.88 Å². The minimum absolute atomic E-state index is 0.0303. The maximum atomic E-state index is 12.3. The van der Waals surface area contributed by atoms with Crippen molar-refractivity contribution in [2.75, 3.05) is 0 Å². The van der Waals surface area contributed by atoms with Crippen molar-refractivity contribution >= 4 is 16.2 Å². The Morgan fingerprint density at radius 1 is 1.35 bits per heavy atom. The van der Waals surface area contributed by atoms with Crippen LogP contribution in [0.25, 0.3) is 0 Å². The van der Waals surface area contributed by atoms with Crippen LogP contribution in [0.15, 0.2) is 23.5 Å². The molecule has 0 saturated heterocycles. The highest BCUT2D eigenvalue weighted by Crippen LogP contribution is 2.62. The number of hydrogen-bond acceptors (Lipinski definition) is 5. The van der Waals surface area contributed by atoms with E-state index >= 15 is 0 Å². The molecule has 3 aliphatic carbocycles. The van der Waals surface area contributed by atoms with E-state index in [1.54, 1.807) is 0 Å². The summed E-state index contributed by atoms with van der Waals surface area (Å²) in [5.74, 6) is 1.65. The van der Waals surface area contributed by atoms with Gasteiger partial charge in [0.15, 0.2) is 11.5 Å². The molecule has 3 saturated carbocycles. The van der Waals surface area contributed by atoms with Crippen LogP contribution in [-0.4, -0.2) is 41.1 Å². The van der Waals surface area contributed by atoms with Gasteiger partial charge in [-0.3, -0.25) is 4.99 Å². The molecule has 2 aliphatic heterocycles. The normalized spacial score (nSPS) is 42.3. The molecule has 0 bridgehead atoms. The van der Waals surface area contributed by atoms with Gasteiger partial charge in [0.05, 0.1) is 11.5 Å². The Balaban J connectivity index is 1.32. The first-order valence-electron chi connectivity index (χ1n) is 9.54. The second-order valence-electron chi connectivity index (χ2n) is 8.69. The summed E-state index contributed by atoms with van der Waals surface area (Å²) in [5.41, 5.74) is 0.889. The second-order valence-corrected chi connectivity index (χ2v) is 10.7. The summed E-state index contributed by atoms with van der Waals surface area (Å²) < 4.78 is 30.0. The SMILES string of the molecule is C[C@@H]1C[C@H](NS(=O)(=O)C2CC2)CC1c1cnc2n1C13C=CNC1(C3)N=C2. The lowest BCUT2D eigenvalue weighted by atomic mass is 9.94. The zero-order valence-corrected chi connectivity index (χ0v) is 15.5. The number of rotatable bonds is 4. The average molecular weight is 373 g/mol. The monoisotopic (exact) mass is 373 g/mol. The van der Waals surface area contributed by atoms with Crippen LogP contribution in [0.3, 0.4) is 0 Å². The molecular weight excluding hydrogens is 350 g/mol. The maximum absolute atomic E-state index is 12.3. The van der Waals surface area contributed by atoms with E-state index in [0.717, 1.165) is 37.9 Å². The molecule has 5 aliphatic rings.